The Kier molecular flexibility index (Phi) is 9.06. The van der Waals surface area contributed by atoms with Crippen LogP contribution in [-0.2, 0) is 17.8 Å². The predicted octanol–water partition coefficient (Wildman–Crippen LogP) is 12.0. The number of hydrogen-bond acceptors (Lipinski definition) is 4. The van der Waals surface area contributed by atoms with Crippen molar-refractivity contribution in [3.8, 4) is 28.3 Å². The Morgan fingerprint density at radius 3 is 1.78 bits per heavy atom. The lowest BCUT2D eigenvalue weighted by atomic mass is 9.72. The largest absolute Gasteiger partial charge is 0.494 e. The maximum Gasteiger partial charge on any atom is 0.417 e. The van der Waals surface area contributed by atoms with E-state index in [1.165, 1.54) is 13.0 Å². The van der Waals surface area contributed by atoms with Crippen LogP contribution in [0.1, 0.15) is 34.7 Å². The smallest absolute Gasteiger partial charge is 0.417 e. The van der Waals surface area contributed by atoms with Crippen molar-refractivity contribution in [2.45, 2.75) is 37.0 Å². The van der Waals surface area contributed by atoms with Gasteiger partial charge in [0, 0.05) is 5.56 Å². The van der Waals surface area contributed by atoms with Gasteiger partial charge in [0.1, 0.15) is 17.0 Å². The first kappa shape index (κ1) is 37.0. The van der Waals surface area contributed by atoms with Gasteiger partial charge in [0.15, 0.2) is 5.58 Å². The van der Waals surface area contributed by atoms with Crippen LogP contribution in [0.25, 0.3) is 39.3 Å². The van der Waals surface area contributed by atoms with Gasteiger partial charge >= 0.3 is 24.7 Å². The molecule has 0 unspecified atom stereocenters. The number of aliphatic imine (C=N–C) groups is 1. The maximum absolute atomic E-state index is 14.8. The number of benzene rings is 4. The van der Waals surface area contributed by atoms with Gasteiger partial charge in [-0.2, -0.15) is 52.7 Å². The molecule has 4 aromatic carbocycles. The molecule has 0 radical (unpaired) electrons. The summed E-state index contributed by atoms with van der Waals surface area (Å²) >= 11 is 0. The van der Waals surface area contributed by atoms with E-state index < -0.39 is 91.7 Å². The Labute approximate surface area is 280 Å². The summed E-state index contributed by atoms with van der Waals surface area (Å²) in [5, 5.41) is 0. The van der Waals surface area contributed by atoms with Gasteiger partial charge < -0.3 is 9.15 Å². The van der Waals surface area contributed by atoms with Gasteiger partial charge in [0.25, 0.3) is 0 Å². The van der Waals surface area contributed by atoms with Crippen molar-refractivity contribution in [3.63, 3.8) is 0 Å². The van der Waals surface area contributed by atoms with Crippen LogP contribution in [0, 0.1) is 0 Å². The Morgan fingerprint density at radius 2 is 1.25 bits per heavy atom. The summed E-state index contributed by atoms with van der Waals surface area (Å²) in [4.78, 5) is 7.34. The van der Waals surface area contributed by atoms with Crippen LogP contribution in [0.4, 0.5) is 58.4 Å². The average molecular weight is 731 g/mol. The summed E-state index contributed by atoms with van der Waals surface area (Å²) in [5.74, 6) is -0.827. The second-order valence-electron chi connectivity index (χ2n) is 11.3. The number of aromatic nitrogens is 1. The highest BCUT2D eigenvalue weighted by molar-refractivity contribution is 5.81. The number of ether oxygens (including phenoxy) is 1. The highest BCUT2D eigenvalue weighted by Gasteiger charge is 2.72. The number of fused-ring (bicyclic) bond motifs is 1. The number of alkyl halides is 12. The van der Waals surface area contributed by atoms with Crippen molar-refractivity contribution in [1.82, 2.24) is 4.98 Å². The number of hydrogen-bond donors (Lipinski definition) is 0. The van der Waals surface area contributed by atoms with Crippen LogP contribution in [-0.4, -0.2) is 31.2 Å². The molecule has 0 aliphatic rings. The maximum atomic E-state index is 14.8. The number of halogens is 12. The standard InChI is InChI=1S/C35H22F12N2O2/c1-17(2)18-5-9-22(24(13-18)32(36,37)38)23-10-6-19(14-25(23)33(39,40)41)30-49-27-16-21(8-12-29(27)51-30)31(34(42,43)44,35(45,46)47)20-7-11-28(50-4)26(15-20)48-3/h5-16H,1,3H2,2,4H3. The second-order valence-corrected chi connectivity index (χ2v) is 11.3. The van der Waals surface area contributed by atoms with E-state index >= 15 is 0 Å². The summed E-state index contributed by atoms with van der Waals surface area (Å²) in [7, 11) is 1.12. The minimum Gasteiger partial charge on any atom is -0.494 e. The van der Waals surface area contributed by atoms with Gasteiger partial charge in [-0.15, -0.1) is 0 Å². The lowest BCUT2D eigenvalue weighted by molar-refractivity contribution is -0.288. The fourth-order valence-electron chi connectivity index (χ4n) is 5.74. The van der Waals surface area contributed by atoms with Gasteiger partial charge in [-0.1, -0.05) is 42.5 Å². The molecule has 5 rings (SSSR count). The molecular weight excluding hydrogens is 708 g/mol. The number of rotatable bonds is 7. The lowest BCUT2D eigenvalue weighted by Gasteiger charge is -2.38. The predicted molar refractivity (Wildman–Crippen MR) is 165 cm³/mol. The molecule has 0 bridgehead atoms. The Balaban J connectivity index is 1.70. The Morgan fingerprint density at radius 1 is 0.706 bits per heavy atom. The SMILES string of the molecule is C=Nc1cc(C(c2ccc3oc(-c4ccc(-c5ccc(C(=C)C)cc5C(F)(F)F)c(C(F)(F)F)c4)nc3c2)(C(F)(F)F)C(F)(F)F)ccc1OC. The zero-order valence-electron chi connectivity index (χ0n) is 26.1. The quantitative estimate of drug-likeness (QED) is 0.124. The van der Waals surface area contributed by atoms with Crippen molar-refractivity contribution in [3.05, 3.63) is 107 Å². The first-order valence-electron chi connectivity index (χ1n) is 14.3. The van der Waals surface area contributed by atoms with E-state index in [-0.39, 0.29) is 16.9 Å². The van der Waals surface area contributed by atoms with E-state index in [1.807, 2.05) is 0 Å². The minimum absolute atomic E-state index is 0.0342. The molecule has 0 saturated heterocycles. The first-order chi connectivity index (χ1) is 23.5. The zero-order chi connectivity index (χ0) is 37.9. The van der Waals surface area contributed by atoms with E-state index in [9.17, 15) is 52.7 Å². The van der Waals surface area contributed by atoms with E-state index in [0.717, 1.165) is 37.4 Å². The van der Waals surface area contributed by atoms with Gasteiger partial charge in [-0.3, -0.25) is 4.99 Å². The third kappa shape index (κ3) is 6.42. The fourth-order valence-corrected chi connectivity index (χ4v) is 5.74. The molecule has 0 aliphatic carbocycles. The van der Waals surface area contributed by atoms with E-state index in [2.05, 4.69) is 23.3 Å². The third-order valence-electron chi connectivity index (χ3n) is 8.13. The molecule has 1 heterocycles. The number of oxazole rings is 1. The number of nitrogens with zero attached hydrogens (tertiary/aromatic N) is 2. The molecule has 0 atom stereocenters. The van der Waals surface area contributed by atoms with Crippen LogP contribution >= 0.6 is 0 Å². The van der Waals surface area contributed by atoms with E-state index in [4.69, 9.17) is 9.15 Å². The fraction of sp³-hybridized carbons (Fsp3) is 0.200. The molecule has 0 saturated carbocycles. The molecule has 16 heteroatoms. The molecule has 0 fully saturated rings. The Bertz CT molecular complexity index is 2140. The van der Waals surface area contributed by atoms with Crippen LogP contribution < -0.4 is 4.74 Å². The molecule has 0 aliphatic heterocycles. The van der Waals surface area contributed by atoms with Gasteiger partial charge in [-0.05, 0) is 83.9 Å². The average Bonchev–Trinajstić information content (AvgIpc) is 3.46. The van der Waals surface area contributed by atoms with Crippen LogP contribution in [0.15, 0.2) is 88.8 Å². The molecule has 1 aromatic heterocycles. The highest BCUT2D eigenvalue weighted by Crippen LogP contribution is 2.57. The van der Waals surface area contributed by atoms with Gasteiger partial charge in [0.2, 0.25) is 11.3 Å². The molecule has 0 spiro atoms. The summed E-state index contributed by atoms with van der Waals surface area (Å²) in [6, 6.07) is 8.37. The molecule has 0 amide bonds. The van der Waals surface area contributed by atoms with E-state index in [1.54, 1.807) is 0 Å². The van der Waals surface area contributed by atoms with Crippen LogP contribution in [0.2, 0.25) is 0 Å². The number of allylic oxidation sites excluding steroid dienone is 1. The van der Waals surface area contributed by atoms with Crippen molar-refractivity contribution >= 4 is 29.1 Å². The van der Waals surface area contributed by atoms with Crippen LogP contribution in [0.5, 0.6) is 5.75 Å². The normalized spacial score (nSPS) is 13.1. The molecule has 5 aromatic rings. The lowest BCUT2D eigenvalue weighted by Crippen LogP contribution is -2.54. The van der Waals surface area contributed by atoms with Crippen LogP contribution in [0.3, 0.4) is 0 Å². The first-order valence-corrected chi connectivity index (χ1v) is 14.3. The van der Waals surface area contributed by atoms with Crippen molar-refractivity contribution in [2.75, 3.05) is 7.11 Å². The molecule has 0 N–H and O–H groups in total. The van der Waals surface area contributed by atoms with Gasteiger partial charge in [-0.25, -0.2) is 4.98 Å². The molecule has 268 valence electrons. The van der Waals surface area contributed by atoms with E-state index in [0.29, 0.717) is 36.4 Å². The van der Waals surface area contributed by atoms with Crippen molar-refractivity contribution < 1.29 is 61.8 Å². The molecule has 4 nitrogen and oxygen atoms in total. The summed E-state index contributed by atoms with van der Waals surface area (Å²) in [5.41, 5.74) is -13.6. The monoisotopic (exact) mass is 730 g/mol. The third-order valence-corrected chi connectivity index (χ3v) is 8.13. The minimum atomic E-state index is -6.02. The highest BCUT2D eigenvalue weighted by atomic mass is 19.4. The van der Waals surface area contributed by atoms with Crippen molar-refractivity contribution in [1.29, 1.82) is 0 Å². The molecule has 51 heavy (non-hydrogen) atoms. The topological polar surface area (TPSA) is 47.6 Å². The van der Waals surface area contributed by atoms with Gasteiger partial charge in [0.05, 0.1) is 18.2 Å². The second kappa shape index (κ2) is 12.5. The Hall–Kier alpha value is -5.28. The summed E-state index contributed by atoms with van der Waals surface area (Å²) in [6.07, 6.45) is -22.4. The van der Waals surface area contributed by atoms with Crippen molar-refractivity contribution in [2.24, 2.45) is 4.99 Å². The summed E-state index contributed by atoms with van der Waals surface area (Å²) in [6.45, 7) is 8.13. The number of methoxy groups -OCH3 is 1. The zero-order valence-corrected chi connectivity index (χ0v) is 26.1. The summed E-state index contributed by atoms with van der Waals surface area (Å²) < 4.78 is 184. The molecular formula is C35H22F12N2O2.